The van der Waals surface area contributed by atoms with Crippen molar-refractivity contribution in [3.63, 3.8) is 0 Å². The molecule has 21 heavy (non-hydrogen) atoms. The zero-order valence-corrected chi connectivity index (χ0v) is 12.8. The zero-order valence-electron chi connectivity index (χ0n) is 12.8. The van der Waals surface area contributed by atoms with Crippen molar-refractivity contribution in [1.29, 1.82) is 0 Å². The van der Waals surface area contributed by atoms with Crippen molar-refractivity contribution < 1.29 is 9.53 Å². The van der Waals surface area contributed by atoms with Crippen LogP contribution in [0.5, 0.6) is 5.75 Å². The highest BCUT2D eigenvalue weighted by Gasteiger charge is 2.14. The molecular formula is C16H23N3O2. The molecule has 1 aliphatic rings. The Hall–Kier alpha value is -1.88. The lowest BCUT2D eigenvalue weighted by atomic mass is 10.1. The Labute approximate surface area is 126 Å². The van der Waals surface area contributed by atoms with Gasteiger partial charge in [-0.25, -0.2) is 5.43 Å². The predicted octanol–water partition coefficient (Wildman–Crippen LogP) is 2.29. The Morgan fingerprint density at radius 3 is 2.52 bits per heavy atom. The number of nitrogens with one attached hydrogen (secondary N) is 1. The molecule has 0 unspecified atom stereocenters. The third-order valence-electron chi connectivity index (χ3n) is 3.64. The van der Waals surface area contributed by atoms with Gasteiger partial charge in [0, 0.05) is 37.2 Å². The normalized spacial score (nSPS) is 15.6. The van der Waals surface area contributed by atoms with Gasteiger partial charge >= 0.3 is 0 Å². The second-order valence-corrected chi connectivity index (χ2v) is 5.19. The van der Waals surface area contributed by atoms with Crippen LogP contribution in [-0.4, -0.2) is 43.3 Å². The van der Waals surface area contributed by atoms with Crippen LogP contribution in [0.2, 0.25) is 0 Å². The van der Waals surface area contributed by atoms with E-state index in [1.807, 2.05) is 0 Å². The number of amides is 1. The monoisotopic (exact) mass is 289 g/mol. The van der Waals surface area contributed by atoms with E-state index in [9.17, 15) is 4.79 Å². The Morgan fingerprint density at radius 1 is 1.29 bits per heavy atom. The molecule has 1 amide bonds. The molecule has 0 atom stereocenters. The molecule has 1 aliphatic heterocycles. The number of hydrazone groups is 1. The van der Waals surface area contributed by atoms with Gasteiger partial charge in [-0.15, -0.1) is 0 Å². The summed E-state index contributed by atoms with van der Waals surface area (Å²) >= 11 is 0. The minimum absolute atomic E-state index is 0.179. The maximum Gasteiger partial charge on any atom is 0.271 e. The third-order valence-corrected chi connectivity index (χ3v) is 3.64. The summed E-state index contributed by atoms with van der Waals surface area (Å²) in [6.45, 7) is 5.40. The summed E-state index contributed by atoms with van der Waals surface area (Å²) in [7, 11) is 1.60. The van der Waals surface area contributed by atoms with Gasteiger partial charge in [-0.2, -0.15) is 5.10 Å². The molecule has 0 radical (unpaired) electrons. The number of rotatable bonds is 5. The largest absolute Gasteiger partial charge is 0.497 e. The first-order chi connectivity index (χ1) is 10.2. The van der Waals surface area contributed by atoms with E-state index in [4.69, 9.17) is 4.74 Å². The van der Waals surface area contributed by atoms with E-state index in [2.05, 4.69) is 22.4 Å². The summed E-state index contributed by atoms with van der Waals surface area (Å²) in [5.41, 5.74) is 4.30. The molecule has 0 bridgehead atoms. The van der Waals surface area contributed by atoms with Gasteiger partial charge in [-0.3, -0.25) is 4.79 Å². The van der Waals surface area contributed by atoms with Crippen molar-refractivity contribution in [1.82, 2.24) is 10.3 Å². The van der Waals surface area contributed by atoms with Crippen molar-refractivity contribution in [2.24, 2.45) is 5.10 Å². The van der Waals surface area contributed by atoms with Gasteiger partial charge in [0.2, 0.25) is 0 Å². The van der Waals surface area contributed by atoms with Gasteiger partial charge in [0.15, 0.2) is 0 Å². The van der Waals surface area contributed by atoms with Gasteiger partial charge < -0.3 is 9.64 Å². The Kier molecular flexibility index (Phi) is 5.75. The summed E-state index contributed by atoms with van der Waals surface area (Å²) in [5.74, 6) is 0.558. The highest BCUT2D eigenvalue weighted by atomic mass is 16.5. The Balaban J connectivity index is 1.84. The SMILES string of the molecule is CCCN1CCC(=NNC(=O)c2ccc(OC)cc2)CC1. The molecule has 0 aliphatic carbocycles. The summed E-state index contributed by atoms with van der Waals surface area (Å²) in [5, 5.41) is 4.26. The molecule has 1 aromatic rings. The lowest BCUT2D eigenvalue weighted by molar-refractivity contribution is 0.0954. The lowest BCUT2D eigenvalue weighted by Gasteiger charge is -2.26. The van der Waals surface area contributed by atoms with E-state index < -0.39 is 0 Å². The van der Waals surface area contributed by atoms with E-state index in [0.29, 0.717) is 5.56 Å². The number of carbonyl (C=O) groups excluding carboxylic acids is 1. The number of carbonyl (C=O) groups is 1. The molecule has 5 nitrogen and oxygen atoms in total. The molecule has 0 aromatic heterocycles. The number of likely N-dealkylation sites (tertiary alicyclic amines) is 1. The first-order valence-corrected chi connectivity index (χ1v) is 7.45. The summed E-state index contributed by atoms with van der Waals surface area (Å²) < 4.78 is 5.07. The Bertz CT molecular complexity index is 487. The lowest BCUT2D eigenvalue weighted by Crippen LogP contribution is -2.35. The summed E-state index contributed by atoms with van der Waals surface area (Å²) in [4.78, 5) is 14.4. The number of ether oxygens (including phenoxy) is 1. The highest BCUT2D eigenvalue weighted by molar-refractivity contribution is 5.95. The highest BCUT2D eigenvalue weighted by Crippen LogP contribution is 2.11. The van der Waals surface area contributed by atoms with E-state index in [1.165, 1.54) is 6.42 Å². The molecule has 2 rings (SSSR count). The van der Waals surface area contributed by atoms with Gasteiger partial charge in [-0.1, -0.05) is 6.92 Å². The molecule has 1 saturated heterocycles. The number of nitrogens with zero attached hydrogens (tertiary/aromatic N) is 2. The average Bonchev–Trinajstić information content (AvgIpc) is 2.54. The van der Waals surface area contributed by atoms with Crippen LogP contribution in [0.4, 0.5) is 0 Å². The fourth-order valence-corrected chi connectivity index (χ4v) is 2.40. The topological polar surface area (TPSA) is 53.9 Å². The Morgan fingerprint density at radius 2 is 1.95 bits per heavy atom. The number of benzene rings is 1. The minimum Gasteiger partial charge on any atom is -0.497 e. The van der Waals surface area contributed by atoms with Crippen molar-refractivity contribution >= 4 is 11.6 Å². The van der Waals surface area contributed by atoms with Gasteiger partial charge in [0.25, 0.3) is 5.91 Å². The molecule has 1 aromatic carbocycles. The molecule has 1 N–H and O–H groups in total. The maximum atomic E-state index is 12.0. The van der Waals surface area contributed by atoms with Crippen molar-refractivity contribution in [2.75, 3.05) is 26.7 Å². The summed E-state index contributed by atoms with van der Waals surface area (Å²) in [6.07, 6.45) is 3.05. The van der Waals surface area contributed by atoms with Crippen LogP contribution in [-0.2, 0) is 0 Å². The standard InChI is InChI=1S/C16H23N3O2/c1-3-10-19-11-8-14(9-12-19)17-18-16(20)13-4-6-15(21-2)7-5-13/h4-7H,3,8-12H2,1-2H3,(H,18,20). The molecule has 0 spiro atoms. The first kappa shape index (κ1) is 15.5. The molecule has 1 fully saturated rings. The average molecular weight is 289 g/mol. The van der Waals surface area contributed by atoms with E-state index in [1.54, 1.807) is 31.4 Å². The van der Waals surface area contributed by atoms with Gasteiger partial charge in [-0.05, 0) is 37.2 Å². The predicted molar refractivity (Wildman–Crippen MR) is 83.9 cm³/mol. The van der Waals surface area contributed by atoms with Gasteiger partial charge in [0.05, 0.1) is 7.11 Å². The van der Waals surface area contributed by atoms with E-state index in [-0.39, 0.29) is 5.91 Å². The number of methoxy groups -OCH3 is 1. The number of piperidine rings is 1. The first-order valence-electron chi connectivity index (χ1n) is 7.45. The van der Waals surface area contributed by atoms with Crippen molar-refractivity contribution in [3.05, 3.63) is 29.8 Å². The fraction of sp³-hybridized carbons (Fsp3) is 0.500. The fourth-order valence-electron chi connectivity index (χ4n) is 2.40. The number of hydrogen-bond donors (Lipinski definition) is 1. The van der Waals surface area contributed by atoms with Crippen LogP contribution >= 0.6 is 0 Å². The van der Waals surface area contributed by atoms with Crippen molar-refractivity contribution in [2.45, 2.75) is 26.2 Å². The van der Waals surface area contributed by atoms with E-state index in [0.717, 1.165) is 43.9 Å². The van der Waals surface area contributed by atoms with Crippen LogP contribution in [0, 0.1) is 0 Å². The van der Waals surface area contributed by atoms with Crippen LogP contribution in [0.15, 0.2) is 29.4 Å². The molecule has 114 valence electrons. The number of hydrogen-bond acceptors (Lipinski definition) is 4. The smallest absolute Gasteiger partial charge is 0.271 e. The van der Waals surface area contributed by atoms with E-state index >= 15 is 0 Å². The van der Waals surface area contributed by atoms with Crippen LogP contribution < -0.4 is 10.2 Å². The maximum absolute atomic E-state index is 12.0. The molecular weight excluding hydrogens is 266 g/mol. The van der Waals surface area contributed by atoms with Crippen LogP contribution in [0.3, 0.4) is 0 Å². The molecule has 0 saturated carbocycles. The minimum atomic E-state index is -0.179. The summed E-state index contributed by atoms with van der Waals surface area (Å²) in [6, 6.07) is 7.01. The van der Waals surface area contributed by atoms with Crippen LogP contribution in [0.1, 0.15) is 36.5 Å². The van der Waals surface area contributed by atoms with Gasteiger partial charge in [0.1, 0.15) is 5.75 Å². The van der Waals surface area contributed by atoms with Crippen LogP contribution in [0.25, 0.3) is 0 Å². The molecule has 5 heteroatoms. The second-order valence-electron chi connectivity index (χ2n) is 5.19. The quantitative estimate of drug-likeness (QED) is 0.846. The second kappa shape index (κ2) is 7.78. The zero-order chi connectivity index (χ0) is 15.1. The van der Waals surface area contributed by atoms with Crippen molar-refractivity contribution in [3.8, 4) is 5.75 Å². The molecule has 1 heterocycles. The third kappa shape index (κ3) is 4.56.